The summed E-state index contributed by atoms with van der Waals surface area (Å²) in [4.78, 5) is 0. The van der Waals surface area contributed by atoms with Crippen LogP contribution < -0.4 is 5.32 Å². The average molecular weight is 185 g/mol. The molecule has 0 aliphatic carbocycles. The van der Waals surface area contributed by atoms with Gasteiger partial charge in [-0.3, -0.25) is 0 Å². The second-order valence-electron chi connectivity index (χ2n) is 3.46. The standard InChI is InChI=1S/C11H23NO/c1-5-7-12-8-10(3)9-13-11(4)6-2/h11-12H,3,5-9H2,1-2,4H3. The smallest absolute Gasteiger partial charge is 0.0690 e. The molecule has 0 bridgehead atoms. The predicted octanol–water partition coefficient (Wildman–Crippen LogP) is 2.36. The molecule has 0 aromatic carbocycles. The van der Waals surface area contributed by atoms with Crippen molar-refractivity contribution >= 4 is 0 Å². The van der Waals surface area contributed by atoms with Crippen LogP contribution in [0.25, 0.3) is 0 Å². The first-order valence-corrected chi connectivity index (χ1v) is 5.19. The molecule has 0 saturated carbocycles. The minimum atomic E-state index is 0.350. The van der Waals surface area contributed by atoms with E-state index >= 15 is 0 Å². The zero-order chi connectivity index (χ0) is 10.1. The zero-order valence-corrected chi connectivity index (χ0v) is 9.23. The summed E-state index contributed by atoms with van der Waals surface area (Å²) in [6.07, 6.45) is 2.58. The first-order chi connectivity index (χ1) is 6.20. The lowest BCUT2D eigenvalue weighted by Crippen LogP contribution is -2.20. The van der Waals surface area contributed by atoms with Crippen LogP contribution in [0.3, 0.4) is 0 Å². The Labute approximate surface area is 82.4 Å². The SMILES string of the molecule is C=C(CNCCC)COC(C)CC. The fraction of sp³-hybridized carbons (Fsp3) is 0.818. The summed E-state index contributed by atoms with van der Waals surface area (Å²) in [5.41, 5.74) is 1.13. The van der Waals surface area contributed by atoms with Gasteiger partial charge in [-0.05, 0) is 31.9 Å². The Morgan fingerprint density at radius 2 is 2.15 bits per heavy atom. The van der Waals surface area contributed by atoms with Gasteiger partial charge >= 0.3 is 0 Å². The van der Waals surface area contributed by atoms with E-state index < -0.39 is 0 Å². The molecule has 0 saturated heterocycles. The van der Waals surface area contributed by atoms with Gasteiger partial charge in [-0.1, -0.05) is 20.4 Å². The number of ether oxygens (including phenoxy) is 1. The van der Waals surface area contributed by atoms with Gasteiger partial charge in [-0.25, -0.2) is 0 Å². The van der Waals surface area contributed by atoms with Crippen molar-refractivity contribution in [1.82, 2.24) is 5.32 Å². The molecule has 0 amide bonds. The van der Waals surface area contributed by atoms with Crippen LogP contribution in [-0.4, -0.2) is 25.8 Å². The lowest BCUT2D eigenvalue weighted by molar-refractivity contribution is 0.0801. The van der Waals surface area contributed by atoms with Crippen molar-refractivity contribution in [3.05, 3.63) is 12.2 Å². The van der Waals surface area contributed by atoms with Crippen molar-refractivity contribution in [2.75, 3.05) is 19.7 Å². The van der Waals surface area contributed by atoms with E-state index in [1.807, 2.05) is 0 Å². The molecule has 1 unspecified atom stereocenters. The highest BCUT2D eigenvalue weighted by molar-refractivity contribution is 4.96. The molecule has 0 fully saturated rings. The van der Waals surface area contributed by atoms with Gasteiger partial charge in [-0.2, -0.15) is 0 Å². The van der Waals surface area contributed by atoms with Gasteiger partial charge in [0, 0.05) is 6.54 Å². The molecule has 0 spiro atoms. The molecule has 0 heterocycles. The van der Waals surface area contributed by atoms with Gasteiger partial charge in [0.25, 0.3) is 0 Å². The van der Waals surface area contributed by atoms with Crippen LogP contribution in [0.2, 0.25) is 0 Å². The Morgan fingerprint density at radius 3 is 2.69 bits per heavy atom. The highest BCUT2D eigenvalue weighted by Gasteiger charge is 1.99. The Hall–Kier alpha value is -0.340. The topological polar surface area (TPSA) is 21.3 Å². The highest BCUT2D eigenvalue weighted by atomic mass is 16.5. The maximum atomic E-state index is 5.54. The zero-order valence-electron chi connectivity index (χ0n) is 9.23. The number of hydrogen-bond acceptors (Lipinski definition) is 2. The third-order valence-corrected chi connectivity index (χ3v) is 1.95. The fourth-order valence-electron chi connectivity index (χ4n) is 0.871. The van der Waals surface area contributed by atoms with Gasteiger partial charge in [0.1, 0.15) is 0 Å². The number of nitrogens with one attached hydrogen (secondary N) is 1. The van der Waals surface area contributed by atoms with E-state index in [1.54, 1.807) is 0 Å². The van der Waals surface area contributed by atoms with Crippen molar-refractivity contribution in [3.8, 4) is 0 Å². The Morgan fingerprint density at radius 1 is 1.46 bits per heavy atom. The molecule has 2 nitrogen and oxygen atoms in total. The third kappa shape index (κ3) is 8.00. The van der Waals surface area contributed by atoms with E-state index in [4.69, 9.17) is 4.74 Å². The Balaban J connectivity index is 3.30. The minimum Gasteiger partial charge on any atom is -0.374 e. The van der Waals surface area contributed by atoms with Gasteiger partial charge in [-0.15, -0.1) is 0 Å². The summed E-state index contributed by atoms with van der Waals surface area (Å²) >= 11 is 0. The van der Waals surface area contributed by atoms with E-state index in [2.05, 4.69) is 32.7 Å². The van der Waals surface area contributed by atoms with E-state index in [0.29, 0.717) is 12.7 Å². The van der Waals surface area contributed by atoms with Crippen LogP contribution >= 0.6 is 0 Å². The van der Waals surface area contributed by atoms with Crippen LogP contribution in [0.1, 0.15) is 33.6 Å². The monoisotopic (exact) mass is 185 g/mol. The number of hydrogen-bond donors (Lipinski definition) is 1. The van der Waals surface area contributed by atoms with Crippen molar-refractivity contribution < 1.29 is 4.74 Å². The molecule has 0 rings (SSSR count). The van der Waals surface area contributed by atoms with E-state index in [1.165, 1.54) is 6.42 Å². The van der Waals surface area contributed by atoms with Crippen LogP contribution in [0.4, 0.5) is 0 Å². The van der Waals surface area contributed by atoms with Gasteiger partial charge < -0.3 is 10.1 Å². The van der Waals surface area contributed by atoms with Crippen molar-refractivity contribution in [3.63, 3.8) is 0 Å². The molecule has 1 atom stereocenters. The molecule has 13 heavy (non-hydrogen) atoms. The summed E-state index contributed by atoms with van der Waals surface area (Å²) in [5.74, 6) is 0. The Bertz CT molecular complexity index is 134. The molecule has 0 radical (unpaired) electrons. The summed E-state index contributed by atoms with van der Waals surface area (Å²) in [6, 6.07) is 0. The Kier molecular flexibility index (Phi) is 8.05. The molecule has 0 aromatic heterocycles. The molecule has 2 heteroatoms. The third-order valence-electron chi connectivity index (χ3n) is 1.95. The molecule has 1 N–H and O–H groups in total. The second kappa shape index (κ2) is 8.27. The van der Waals surface area contributed by atoms with Crippen LogP contribution in [0.5, 0.6) is 0 Å². The molecular formula is C11H23NO. The molecule has 0 aliphatic heterocycles. The number of rotatable bonds is 8. The van der Waals surface area contributed by atoms with Gasteiger partial charge in [0.05, 0.1) is 12.7 Å². The van der Waals surface area contributed by atoms with Gasteiger partial charge in [0.2, 0.25) is 0 Å². The lowest BCUT2D eigenvalue weighted by Gasteiger charge is -2.12. The lowest BCUT2D eigenvalue weighted by atomic mass is 10.3. The van der Waals surface area contributed by atoms with Crippen molar-refractivity contribution in [2.45, 2.75) is 39.7 Å². The second-order valence-corrected chi connectivity index (χ2v) is 3.46. The van der Waals surface area contributed by atoms with Crippen LogP contribution in [0.15, 0.2) is 12.2 Å². The summed E-state index contributed by atoms with van der Waals surface area (Å²) in [5, 5.41) is 3.30. The maximum absolute atomic E-state index is 5.54. The first-order valence-electron chi connectivity index (χ1n) is 5.19. The van der Waals surface area contributed by atoms with Crippen molar-refractivity contribution in [2.24, 2.45) is 0 Å². The van der Waals surface area contributed by atoms with E-state index in [0.717, 1.165) is 25.1 Å². The maximum Gasteiger partial charge on any atom is 0.0690 e. The minimum absolute atomic E-state index is 0.350. The summed E-state index contributed by atoms with van der Waals surface area (Å²) in [7, 11) is 0. The van der Waals surface area contributed by atoms with Crippen LogP contribution in [0, 0.1) is 0 Å². The van der Waals surface area contributed by atoms with E-state index in [9.17, 15) is 0 Å². The highest BCUT2D eigenvalue weighted by Crippen LogP contribution is 1.98. The fourth-order valence-corrected chi connectivity index (χ4v) is 0.871. The van der Waals surface area contributed by atoms with Crippen LogP contribution in [-0.2, 0) is 4.74 Å². The summed E-state index contributed by atoms with van der Waals surface area (Å²) in [6.45, 7) is 12.9. The van der Waals surface area contributed by atoms with E-state index in [-0.39, 0.29) is 0 Å². The summed E-state index contributed by atoms with van der Waals surface area (Å²) < 4.78 is 5.54. The first kappa shape index (κ1) is 12.7. The average Bonchev–Trinajstić information content (AvgIpc) is 2.14. The predicted molar refractivity (Wildman–Crippen MR) is 58.0 cm³/mol. The van der Waals surface area contributed by atoms with Crippen molar-refractivity contribution in [1.29, 1.82) is 0 Å². The largest absolute Gasteiger partial charge is 0.374 e. The van der Waals surface area contributed by atoms with Gasteiger partial charge in [0.15, 0.2) is 0 Å². The molecular weight excluding hydrogens is 162 g/mol. The molecule has 78 valence electrons. The molecule has 0 aliphatic rings. The quantitative estimate of drug-likeness (QED) is 0.463. The molecule has 0 aromatic rings. The normalized spacial score (nSPS) is 12.8.